The fraction of sp³-hybridized carbons (Fsp3) is 0.818. The second-order valence-electron chi connectivity index (χ2n) is 4.42. The molecule has 0 bridgehead atoms. The quantitative estimate of drug-likeness (QED) is 0.697. The van der Waals surface area contributed by atoms with Gasteiger partial charge in [-0.25, -0.2) is 0 Å². The van der Waals surface area contributed by atoms with E-state index in [1.165, 1.54) is 4.90 Å². The number of carbonyl (C=O) groups excluding carboxylic acids is 2. The van der Waals surface area contributed by atoms with Crippen LogP contribution < -0.4 is 10.6 Å². The maximum absolute atomic E-state index is 12.0. The van der Waals surface area contributed by atoms with Gasteiger partial charge in [0.05, 0.1) is 12.6 Å². The summed E-state index contributed by atoms with van der Waals surface area (Å²) in [5, 5.41) is 5.77. The van der Waals surface area contributed by atoms with Gasteiger partial charge in [0.2, 0.25) is 11.8 Å². The molecule has 5 heteroatoms. The fourth-order valence-electron chi connectivity index (χ4n) is 1.97. The Balaban J connectivity index is 2.46. The Morgan fingerprint density at radius 2 is 2.12 bits per heavy atom. The summed E-state index contributed by atoms with van der Waals surface area (Å²) in [5.41, 5.74) is 0. The average molecular weight is 227 g/mol. The summed E-state index contributed by atoms with van der Waals surface area (Å²) < 4.78 is 0. The number of nitrogens with zero attached hydrogens (tertiary/aromatic N) is 1. The highest BCUT2D eigenvalue weighted by atomic mass is 16.2. The predicted octanol–water partition coefficient (Wildman–Crippen LogP) is -0.279. The van der Waals surface area contributed by atoms with Gasteiger partial charge in [-0.15, -0.1) is 0 Å². The zero-order valence-electron chi connectivity index (χ0n) is 10.2. The van der Waals surface area contributed by atoms with E-state index in [0.29, 0.717) is 6.04 Å². The standard InChI is InChI=1S/C11H21N3O2/c1-8-5-4-6-9(13-8)11(16)14(3)7-10(15)12-2/h8-9,13H,4-7H2,1-3H3,(H,12,15). The molecule has 0 radical (unpaired) electrons. The molecular formula is C11H21N3O2. The normalized spacial score (nSPS) is 24.9. The molecule has 16 heavy (non-hydrogen) atoms. The van der Waals surface area contributed by atoms with E-state index in [-0.39, 0.29) is 24.4 Å². The molecule has 0 aromatic heterocycles. The van der Waals surface area contributed by atoms with Crippen molar-refractivity contribution in [3.63, 3.8) is 0 Å². The number of amides is 2. The first-order chi connectivity index (χ1) is 7.54. The lowest BCUT2D eigenvalue weighted by molar-refractivity contribution is -0.136. The van der Waals surface area contributed by atoms with Crippen molar-refractivity contribution in [1.82, 2.24) is 15.5 Å². The number of carbonyl (C=O) groups is 2. The van der Waals surface area contributed by atoms with Crippen LogP contribution in [-0.4, -0.2) is 49.4 Å². The van der Waals surface area contributed by atoms with Crippen LogP contribution in [0.15, 0.2) is 0 Å². The number of likely N-dealkylation sites (N-methyl/N-ethyl adjacent to an activating group) is 2. The second kappa shape index (κ2) is 5.84. The molecule has 5 nitrogen and oxygen atoms in total. The van der Waals surface area contributed by atoms with Gasteiger partial charge in [-0.2, -0.15) is 0 Å². The molecule has 92 valence electrons. The van der Waals surface area contributed by atoms with Crippen LogP contribution in [-0.2, 0) is 9.59 Å². The third-order valence-corrected chi connectivity index (χ3v) is 2.95. The monoisotopic (exact) mass is 227 g/mol. The van der Waals surface area contributed by atoms with Gasteiger partial charge in [0.1, 0.15) is 0 Å². The van der Waals surface area contributed by atoms with Crippen molar-refractivity contribution in [2.24, 2.45) is 0 Å². The lowest BCUT2D eigenvalue weighted by Gasteiger charge is -2.30. The molecule has 2 unspecified atom stereocenters. The molecule has 2 atom stereocenters. The van der Waals surface area contributed by atoms with E-state index in [2.05, 4.69) is 17.6 Å². The Morgan fingerprint density at radius 3 is 2.69 bits per heavy atom. The smallest absolute Gasteiger partial charge is 0.239 e. The summed E-state index contributed by atoms with van der Waals surface area (Å²) in [5.74, 6) is -0.130. The maximum Gasteiger partial charge on any atom is 0.239 e. The van der Waals surface area contributed by atoms with E-state index < -0.39 is 0 Å². The first-order valence-electron chi connectivity index (χ1n) is 5.76. The van der Waals surface area contributed by atoms with E-state index in [9.17, 15) is 9.59 Å². The number of hydrogen-bond acceptors (Lipinski definition) is 3. The Labute approximate surface area is 96.6 Å². The summed E-state index contributed by atoms with van der Waals surface area (Å²) >= 11 is 0. The largest absolute Gasteiger partial charge is 0.358 e. The lowest BCUT2D eigenvalue weighted by atomic mass is 9.99. The molecule has 1 heterocycles. The van der Waals surface area contributed by atoms with Gasteiger partial charge in [-0.05, 0) is 26.2 Å². The zero-order chi connectivity index (χ0) is 12.1. The van der Waals surface area contributed by atoms with Crippen molar-refractivity contribution < 1.29 is 9.59 Å². The molecule has 0 aromatic carbocycles. The first-order valence-corrected chi connectivity index (χ1v) is 5.76. The topological polar surface area (TPSA) is 61.4 Å². The Kier molecular flexibility index (Phi) is 4.73. The minimum absolute atomic E-state index is 0.00940. The van der Waals surface area contributed by atoms with Gasteiger partial charge in [0.25, 0.3) is 0 Å². The average Bonchev–Trinajstić information content (AvgIpc) is 2.27. The van der Waals surface area contributed by atoms with Crippen molar-refractivity contribution in [2.75, 3.05) is 20.6 Å². The fourth-order valence-corrected chi connectivity index (χ4v) is 1.97. The van der Waals surface area contributed by atoms with Gasteiger partial charge in [0.15, 0.2) is 0 Å². The molecule has 1 saturated heterocycles. The minimum Gasteiger partial charge on any atom is -0.358 e. The highest BCUT2D eigenvalue weighted by molar-refractivity contribution is 5.87. The molecule has 0 spiro atoms. The van der Waals surface area contributed by atoms with Crippen LogP contribution in [0.25, 0.3) is 0 Å². The van der Waals surface area contributed by atoms with E-state index in [1.807, 2.05) is 0 Å². The van der Waals surface area contributed by atoms with Gasteiger partial charge >= 0.3 is 0 Å². The van der Waals surface area contributed by atoms with Gasteiger partial charge < -0.3 is 15.5 Å². The maximum atomic E-state index is 12.0. The summed E-state index contributed by atoms with van der Waals surface area (Å²) in [4.78, 5) is 24.6. The summed E-state index contributed by atoms with van der Waals surface area (Å²) in [6.45, 7) is 2.21. The number of rotatable bonds is 3. The Hall–Kier alpha value is -1.10. The van der Waals surface area contributed by atoms with Crippen molar-refractivity contribution in [2.45, 2.75) is 38.3 Å². The highest BCUT2D eigenvalue weighted by Gasteiger charge is 2.27. The van der Waals surface area contributed by atoms with Gasteiger partial charge in [-0.1, -0.05) is 0 Å². The van der Waals surface area contributed by atoms with E-state index in [1.54, 1.807) is 14.1 Å². The van der Waals surface area contributed by atoms with Gasteiger partial charge in [-0.3, -0.25) is 9.59 Å². The molecule has 2 amide bonds. The lowest BCUT2D eigenvalue weighted by Crippen LogP contribution is -2.51. The van der Waals surface area contributed by atoms with Gasteiger partial charge in [0, 0.05) is 20.1 Å². The zero-order valence-corrected chi connectivity index (χ0v) is 10.2. The molecule has 0 aliphatic carbocycles. The third-order valence-electron chi connectivity index (χ3n) is 2.95. The summed E-state index contributed by atoms with van der Waals surface area (Å²) in [6, 6.07) is 0.259. The van der Waals surface area contributed by atoms with Crippen LogP contribution in [0.1, 0.15) is 26.2 Å². The molecule has 1 aliphatic heterocycles. The number of hydrogen-bond donors (Lipinski definition) is 2. The number of piperidine rings is 1. The molecule has 1 rings (SSSR count). The highest BCUT2D eigenvalue weighted by Crippen LogP contribution is 2.13. The van der Waals surface area contributed by atoms with Crippen molar-refractivity contribution >= 4 is 11.8 Å². The third kappa shape index (κ3) is 3.48. The van der Waals surface area contributed by atoms with Crippen molar-refractivity contribution in [3.05, 3.63) is 0 Å². The molecule has 0 aromatic rings. The van der Waals surface area contributed by atoms with Crippen LogP contribution in [0, 0.1) is 0 Å². The minimum atomic E-state index is -0.139. The number of nitrogens with one attached hydrogen (secondary N) is 2. The molecule has 0 saturated carbocycles. The van der Waals surface area contributed by atoms with Crippen LogP contribution >= 0.6 is 0 Å². The van der Waals surface area contributed by atoms with E-state index >= 15 is 0 Å². The SMILES string of the molecule is CNC(=O)CN(C)C(=O)C1CCCC(C)N1. The van der Waals surface area contributed by atoms with Crippen LogP contribution in [0.3, 0.4) is 0 Å². The van der Waals surface area contributed by atoms with E-state index in [4.69, 9.17) is 0 Å². The van der Waals surface area contributed by atoms with Crippen LogP contribution in [0.4, 0.5) is 0 Å². The molecular weight excluding hydrogens is 206 g/mol. The summed E-state index contributed by atoms with van der Waals surface area (Å²) in [7, 11) is 3.24. The Morgan fingerprint density at radius 1 is 1.44 bits per heavy atom. The molecule has 1 aliphatic rings. The van der Waals surface area contributed by atoms with Crippen molar-refractivity contribution in [1.29, 1.82) is 0 Å². The molecule has 2 N–H and O–H groups in total. The molecule has 1 fully saturated rings. The second-order valence-corrected chi connectivity index (χ2v) is 4.42. The van der Waals surface area contributed by atoms with E-state index in [0.717, 1.165) is 19.3 Å². The first kappa shape index (κ1) is 13.0. The Bertz CT molecular complexity index is 268. The van der Waals surface area contributed by atoms with Crippen LogP contribution in [0.2, 0.25) is 0 Å². The van der Waals surface area contributed by atoms with Crippen LogP contribution in [0.5, 0.6) is 0 Å². The summed E-state index contributed by atoms with van der Waals surface area (Å²) in [6.07, 6.45) is 3.04. The van der Waals surface area contributed by atoms with Crippen molar-refractivity contribution in [3.8, 4) is 0 Å². The predicted molar refractivity (Wildman–Crippen MR) is 61.9 cm³/mol.